The van der Waals surface area contributed by atoms with Crippen LogP contribution in [-0.2, 0) is 0 Å². The van der Waals surface area contributed by atoms with Crippen LogP contribution in [0.3, 0.4) is 0 Å². The SMILES string of the molecule is C1N[C@H]2C[C@@H]12. The zero-order valence-corrected chi connectivity index (χ0v) is 3.07. The molecule has 1 saturated heterocycles. The van der Waals surface area contributed by atoms with Crippen LogP contribution in [0.2, 0.25) is 0 Å². The fraction of sp³-hybridized carbons (Fsp3) is 1.00. The molecule has 0 aromatic rings. The van der Waals surface area contributed by atoms with Crippen LogP contribution in [0.4, 0.5) is 0 Å². The lowest BCUT2D eigenvalue weighted by molar-refractivity contribution is 0.506. The second-order valence-corrected chi connectivity index (χ2v) is 2.01. The van der Waals surface area contributed by atoms with Crippen molar-refractivity contribution in [1.82, 2.24) is 5.32 Å². The zero-order valence-electron chi connectivity index (χ0n) is 3.07. The van der Waals surface area contributed by atoms with E-state index in [-0.39, 0.29) is 0 Å². The molecule has 1 heteroatoms. The fourth-order valence-corrected chi connectivity index (χ4v) is 0.865. The lowest BCUT2D eigenvalue weighted by Gasteiger charge is -2.09. The summed E-state index contributed by atoms with van der Waals surface area (Å²) in [6, 6.07) is 0.981. The molecule has 1 aliphatic heterocycles. The maximum atomic E-state index is 3.28. The number of hydrogen-bond acceptors (Lipinski definition) is 1. The number of hydrogen-bond donors (Lipinski definition) is 1. The van der Waals surface area contributed by atoms with Crippen LogP contribution < -0.4 is 5.32 Å². The van der Waals surface area contributed by atoms with Crippen molar-refractivity contribution in [3.8, 4) is 0 Å². The van der Waals surface area contributed by atoms with Crippen molar-refractivity contribution in [2.24, 2.45) is 5.92 Å². The van der Waals surface area contributed by atoms with Crippen molar-refractivity contribution in [2.45, 2.75) is 12.5 Å². The molecule has 1 heterocycles. The summed E-state index contributed by atoms with van der Waals surface area (Å²) in [7, 11) is 0. The molecule has 0 aromatic carbocycles. The molecular formula is C4H7N. The van der Waals surface area contributed by atoms with Crippen LogP contribution in [0.25, 0.3) is 0 Å². The Morgan fingerprint density at radius 2 is 2.40 bits per heavy atom. The van der Waals surface area contributed by atoms with Crippen LogP contribution in [0, 0.1) is 5.92 Å². The van der Waals surface area contributed by atoms with Gasteiger partial charge in [0.2, 0.25) is 0 Å². The highest BCUT2D eigenvalue weighted by atomic mass is 15.1. The van der Waals surface area contributed by atoms with Crippen LogP contribution in [0.5, 0.6) is 0 Å². The quantitative estimate of drug-likeness (QED) is 0.421. The second kappa shape index (κ2) is 0.432. The van der Waals surface area contributed by atoms with Crippen molar-refractivity contribution in [3.63, 3.8) is 0 Å². The molecule has 0 spiro atoms. The van der Waals surface area contributed by atoms with Crippen molar-refractivity contribution in [2.75, 3.05) is 6.54 Å². The van der Waals surface area contributed by atoms with E-state index in [2.05, 4.69) is 5.32 Å². The molecule has 0 amide bonds. The van der Waals surface area contributed by atoms with Gasteiger partial charge in [0.25, 0.3) is 0 Å². The molecular weight excluding hydrogens is 62.1 g/mol. The summed E-state index contributed by atoms with van der Waals surface area (Å²) < 4.78 is 0. The summed E-state index contributed by atoms with van der Waals surface area (Å²) in [5, 5.41) is 3.28. The fourth-order valence-electron chi connectivity index (χ4n) is 0.865. The molecule has 0 aromatic heterocycles. The molecule has 1 saturated carbocycles. The average Bonchev–Trinajstić information content (AvgIpc) is 1.74. The molecule has 0 radical (unpaired) electrons. The third-order valence-electron chi connectivity index (χ3n) is 1.56. The Morgan fingerprint density at radius 1 is 1.60 bits per heavy atom. The van der Waals surface area contributed by atoms with Gasteiger partial charge in [-0.1, -0.05) is 0 Å². The Morgan fingerprint density at radius 3 is 2.40 bits per heavy atom. The van der Waals surface area contributed by atoms with E-state index < -0.39 is 0 Å². The smallest absolute Gasteiger partial charge is 0.0112 e. The Balaban J connectivity index is 2.19. The van der Waals surface area contributed by atoms with Gasteiger partial charge in [-0.05, 0) is 18.9 Å². The summed E-state index contributed by atoms with van der Waals surface area (Å²) in [5.74, 6) is 1.12. The Kier molecular flexibility index (Phi) is 0.189. The van der Waals surface area contributed by atoms with Crippen molar-refractivity contribution in [1.29, 1.82) is 0 Å². The first-order chi connectivity index (χ1) is 2.47. The van der Waals surface area contributed by atoms with E-state index >= 15 is 0 Å². The molecule has 2 atom stereocenters. The molecule has 2 fully saturated rings. The Labute approximate surface area is 31.4 Å². The van der Waals surface area contributed by atoms with Gasteiger partial charge in [-0.15, -0.1) is 0 Å². The minimum atomic E-state index is 0.981. The van der Waals surface area contributed by atoms with E-state index in [4.69, 9.17) is 0 Å². The van der Waals surface area contributed by atoms with Gasteiger partial charge in [0.15, 0.2) is 0 Å². The van der Waals surface area contributed by atoms with E-state index in [0.717, 1.165) is 12.0 Å². The maximum Gasteiger partial charge on any atom is 0.0112 e. The van der Waals surface area contributed by atoms with Crippen LogP contribution in [-0.4, -0.2) is 12.6 Å². The molecule has 1 aliphatic carbocycles. The summed E-state index contributed by atoms with van der Waals surface area (Å²) in [6.07, 6.45) is 1.47. The monoisotopic (exact) mass is 69.1 g/mol. The molecule has 2 rings (SSSR count). The lowest BCUT2D eigenvalue weighted by atomic mass is 10.3. The molecule has 5 heavy (non-hydrogen) atoms. The van der Waals surface area contributed by atoms with E-state index in [1.54, 1.807) is 0 Å². The summed E-state index contributed by atoms with van der Waals surface area (Å²) in [6.45, 7) is 1.31. The number of rotatable bonds is 0. The zero-order chi connectivity index (χ0) is 3.28. The standard InChI is InChI=1S/C4H7N/c1-3-2-5-4(1)3/h3-5H,1-2H2/t3-,4-/m0/s1. The molecule has 0 unspecified atom stereocenters. The first kappa shape index (κ1) is 2.19. The predicted molar refractivity (Wildman–Crippen MR) is 19.9 cm³/mol. The third-order valence-corrected chi connectivity index (χ3v) is 1.56. The van der Waals surface area contributed by atoms with Gasteiger partial charge >= 0.3 is 0 Å². The van der Waals surface area contributed by atoms with Gasteiger partial charge in [0, 0.05) is 6.04 Å². The first-order valence-electron chi connectivity index (χ1n) is 2.20. The van der Waals surface area contributed by atoms with Crippen LogP contribution >= 0.6 is 0 Å². The summed E-state index contributed by atoms with van der Waals surface area (Å²) in [4.78, 5) is 0. The second-order valence-electron chi connectivity index (χ2n) is 2.01. The molecule has 2 aliphatic rings. The Hall–Kier alpha value is -0.0400. The van der Waals surface area contributed by atoms with Crippen molar-refractivity contribution < 1.29 is 0 Å². The predicted octanol–water partition coefficient (Wildman–Crippen LogP) is -0.0219. The van der Waals surface area contributed by atoms with Gasteiger partial charge in [0.1, 0.15) is 0 Å². The van der Waals surface area contributed by atoms with E-state index in [9.17, 15) is 0 Å². The minimum absolute atomic E-state index is 0.981. The average molecular weight is 69.1 g/mol. The summed E-state index contributed by atoms with van der Waals surface area (Å²) >= 11 is 0. The maximum absolute atomic E-state index is 3.28. The molecule has 1 N–H and O–H groups in total. The normalized spacial score (nSPS) is 57.6. The van der Waals surface area contributed by atoms with Gasteiger partial charge in [-0.3, -0.25) is 0 Å². The highest BCUT2D eigenvalue weighted by Gasteiger charge is 2.44. The lowest BCUT2D eigenvalue weighted by Crippen LogP contribution is -2.32. The first-order valence-corrected chi connectivity index (χ1v) is 2.20. The summed E-state index contributed by atoms with van der Waals surface area (Å²) in [5.41, 5.74) is 0. The largest absolute Gasteiger partial charge is 0.313 e. The van der Waals surface area contributed by atoms with E-state index in [1.807, 2.05) is 0 Å². The van der Waals surface area contributed by atoms with Crippen molar-refractivity contribution >= 4 is 0 Å². The van der Waals surface area contributed by atoms with Crippen LogP contribution in [0.15, 0.2) is 0 Å². The highest BCUT2D eigenvalue weighted by Crippen LogP contribution is 2.36. The van der Waals surface area contributed by atoms with E-state index in [0.29, 0.717) is 0 Å². The van der Waals surface area contributed by atoms with Gasteiger partial charge in [-0.25, -0.2) is 0 Å². The van der Waals surface area contributed by atoms with Gasteiger partial charge in [0.05, 0.1) is 0 Å². The van der Waals surface area contributed by atoms with Crippen molar-refractivity contribution in [3.05, 3.63) is 0 Å². The molecule has 0 bridgehead atoms. The van der Waals surface area contributed by atoms with Gasteiger partial charge in [-0.2, -0.15) is 0 Å². The molecule has 1 nitrogen and oxygen atoms in total. The Bertz CT molecular complexity index is 48.7. The van der Waals surface area contributed by atoms with Crippen LogP contribution in [0.1, 0.15) is 6.42 Å². The minimum Gasteiger partial charge on any atom is -0.313 e. The van der Waals surface area contributed by atoms with E-state index in [1.165, 1.54) is 13.0 Å². The number of fused-ring (bicyclic) bond motifs is 1. The van der Waals surface area contributed by atoms with Gasteiger partial charge < -0.3 is 5.32 Å². The third kappa shape index (κ3) is 0.127. The highest BCUT2D eigenvalue weighted by molar-refractivity contribution is 5.03. The topological polar surface area (TPSA) is 12.0 Å². The molecule has 28 valence electrons. The number of nitrogens with one attached hydrogen (secondary N) is 1.